The van der Waals surface area contributed by atoms with Gasteiger partial charge >= 0.3 is 5.97 Å². The van der Waals surface area contributed by atoms with Crippen LogP contribution in [0.4, 0.5) is 0 Å². The average Bonchev–Trinajstić information content (AvgIpc) is 3.41. The van der Waals surface area contributed by atoms with Crippen molar-refractivity contribution in [3.8, 4) is 11.5 Å². The maximum atomic E-state index is 13.4. The molecule has 1 heterocycles. The van der Waals surface area contributed by atoms with Crippen molar-refractivity contribution in [1.29, 1.82) is 0 Å². The van der Waals surface area contributed by atoms with Crippen LogP contribution >= 0.6 is 0 Å². The molecule has 7 N–H and O–H groups in total. The van der Waals surface area contributed by atoms with E-state index in [0.717, 1.165) is 6.42 Å². The molecule has 1 saturated heterocycles. The van der Waals surface area contributed by atoms with Gasteiger partial charge < -0.3 is 36.6 Å². The first-order chi connectivity index (χ1) is 17.6. The lowest BCUT2D eigenvalue weighted by Gasteiger charge is -2.25. The van der Waals surface area contributed by atoms with Gasteiger partial charge in [0.25, 0.3) is 0 Å². The number of rotatable bonds is 11. The molecule has 11 nitrogen and oxygen atoms in total. The second-order valence-corrected chi connectivity index (χ2v) is 9.08. The number of benzene rings is 2. The van der Waals surface area contributed by atoms with E-state index >= 15 is 0 Å². The molecule has 198 valence electrons. The fourth-order valence-electron chi connectivity index (χ4n) is 3.98. The Morgan fingerprint density at radius 2 is 1.32 bits per heavy atom. The number of phenolic OH excluding ortho intramolecular Hbond substituents is 2. The molecule has 11 heteroatoms. The van der Waals surface area contributed by atoms with Crippen LogP contribution in [-0.4, -0.2) is 69.7 Å². The molecular weight excluding hydrogens is 480 g/mol. The maximum Gasteiger partial charge on any atom is 0.325 e. The van der Waals surface area contributed by atoms with Crippen molar-refractivity contribution in [1.82, 2.24) is 21.3 Å². The monoisotopic (exact) mass is 512 g/mol. The minimum Gasteiger partial charge on any atom is -0.508 e. The van der Waals surface area contributed by atoms with Crippen molar-refractivity contribution in [2.45, 2.75) is 56.8 Å². The Labute approximate surface area is 214 Å². The molecule has 0 radical (unpaired) electrons. The second-order valence-electron chi connectivity index (χ2n) is 9.08. The lowest BCUT2D eigenvalue weighted by molar-refractivity contribution is -0.141. The summed E-state index contributed by atoms with van der Waals surface area (Å²) in [6.45, 7) is 2.01. The number of nitrogens with one attached hydrogen (secondary N) is 4. The Morgan fingerprint density at radius 3 is 1.78 bits per heavy atom. The average molecular weight is 513 g/mol. The summed E-state index contributed by atoms with van der Waals surface area (Å²) in [5.74, 6) is -2.81. The summed E-state index contributed by atoms with van der Waals surface area (Å²) in [4.78, 5) is 50.4. The summed E-state index contributed by atoms with van der Waals surface area (Å²) in [5.41, 5.74) is 1.30. The van der Waals surface area contributed by atoms with Gasteiger partial charge in [-0.05, 0) is 61.7 Å². The summed E-state index contributed by atoms with van der Waals surface area (Å²) in [7, 11) is 0. The van der Waals surface area contributed by atoms with Crippen molar-refractivity contribution < 1.29 is 34.5 Å². The van der Waals surface area contributed by atoms with Gasteiger partial charge in [0.05, 0.1) is 6.04 Å². The van der Waals surface area contributed by atoms with Crippen LogP contribution in [0.2, 0.25) is 0 Å². The molecule has 0 aliphatic carbocycles. The number of phenols is 2. The Bertz CT molecular complexity index is 1100. The van der Waals surface area contributed by atoms with Crippen LogP contribution in [0.25, 0.3) is 0 Å². The van der Waals surface area contributed by atoms with E-state index in [2.05, 4.69) is 21.3 Å². The highest BCUT2D eigenvalue weighted by atomic mass is 16.4. The van der Waals surface area contributed by atoms with E-state index in [1.54, 1.807) is 24.3 Å². The molecule has 1 aliphatic heterocycles. The number of aromatic hydroxyl groups is 2. The van der Waals surface area contributed by atoms with Gasteiger partial charge in [-0.3, -0.25) is 19.2 Å². The molecular formula is C26H32N4O7. The van der Waals surface area contributed by atoms with Crippen LogP contribution < -0.4 is 21.3 Å². The van der Waals surface area contributed by atoms with E-state index in [1.165, 1.54) is 31.2 Å². The SMILES string of the molecule is CC(NC(=O)C(Cc1ccc(O)cc1)NC(=O)C(Cc1ccc(O)cc1)NC(=O)C1CCCN1)C(=O)O. The maximum absolute atomic E-state index is 13.4. The zero-order valence-corrected chi connectivity index (χ0v) is 20.4. The number of hydrogen-bond donors (Lipinski definition) is 7. The Balaban J connectivity index is 1.81. The summed E-state index contributed by atoms with van der Waals surface area (Å²) in [5, 5.41) is 39.2. The van der Waals surface area contributed by atoms with Crippen LogP contribution in [0.3, 0.4) is 0 Å². The summed E-state index contributed by atoms with van der Waals surface area (Å²) < 4.78 is 0. The summed E-state index contributed by atoms with van der Waals surface area (Å²) in [6, 6.07) is 8.45. The third-order valence-corrected chi connectivity index (χ3v) is 6.12. The van der Waals surface area contributed by atoms with Gasteiger partial charge in [0.2, 0.25) is 17.7 Å². The van der Waals surface area contributed by atoms with Gasteiger partial charge in [0, 0.05) is 12.8 Å². The normalized spacial score (nSPS) is 17.3. The molecule has 1 aliphatic rings. The predicted molar refractivity (Wildman–Crippen MR) is 134 cm³/mol. The van der Waals surface area contributed by atoms with Crippen LogP contribution in [0.1, 0.15) is 30.9 Å². The summed E-state index contributed by atoms with van der Waals surface area (Å²) in [6.07, 6.45) is 1.60. The Kier molecular flexibility index (Phi) is 9.45. The molecule has 3 rings (SSSR count). The molecule has 4 atom stereocenters. The molecule has 2 aromatic carbocycles. The van der Waals surface area contributed by atoms with Gasteiger partial charge in [-0.25, -0.2) is 0 Å². The molecule has 4 unspecified atom stereocenters. The number of hydrogen-bond acceptors (Lipinski definition) is 7. The van der Waals surface area contributed by atoms with E-state index in [4.69, 9.17) is 0 Å². The lowest BCUT2D eigenvalue weighted by atomic mass is 10.0. The third-order valence-electron chi connectivity index (χ3n) is 6.12. The summed E-state index contributed by atoms with van der Waals surface area (Å²) >= 11 is 0. The number of carbonyl (C=O) groups is 4. The number of amides is 3. The molecule has 0 bridgehead atoms. The number of carboxylic acids is 1. The molecule has 0 aromatic heterocycles. The van der Waals surface area contributed by atoms with Gasteiger partial charge in [-0.2, -0.15) is 0 Å². The topological polar surface area (TPSA) is 177 Å². The predicted octanol–water partition coefficient (Wildman–Crippen LogP) is 0.194. The van der Waals surface area contributed by atoms with Crippen molar-refractivity contribution in [3.05, 3.63) is 59.7 Å². The van der Waals surface area contributed by atoms with E-state index < -0.39 is 42.0 Å². The molecule has 1 fully saturated rings. The fraction of sp³-hybridized carbons (Fsp3) is 0.385. The number of carbonyl (C=O) groups excluding carboxylic acids is 3. The van der Waals surface area contributed by atoms with Crippen LogP contribution in [0, 0.1) is 0 Å². The van der Waals surface area contributed by atoms with Gasteiger partial charge in [0.1, 0.15) is 29.6 Å². The van der Waals surface area contributed by atoms with Crippen molar-refractivity contribution in [2.75, 3.05) is 6.54 Å². The lowest BCUT2D eigenvalue weighted by Crippen LogP contribution is -2.57. The first kappa shape index (κ1) is 27.5. The molecule has 2 aromatic rings. The van der Waals surface area contributed by atoms with Crippen molar-refractivity contribution >= 4 is 23.7 Å². The van der Waals surface area contributed by atoms with Crippen LogP contribution in [-0.2, 0) is 32.0 Å². The first-order valence-corrected chi connectivity index (χ1v) is 12.1. The van der Waals surface area contributed by atoms with E-state index in [9.17, 15) is 34.5 Å². The van der Waals surface area contributed by atoms with Crippen molar-refractivity contribution in [3.63, 3.8) is 0 Å². The van der Waals surface area contributed by atoms with Crippen LogP contribution in [0.15, 0.2) is 48.5 Å². The largest absolute Gasteiger partial charge is 0.508 e. The highest BCUT2D eigenvalue weighted by Crippen LogP contribution is 2.14. The van der Waals surface area contributed by atoms with Gasteiger partial charge in [-0.1, -0.05) is 24.3 Å². The highest BCUT2D eigenvalue weighted by Gasteiger charge is 2.31. The van der Waals surface area contributed by atoms with E-state index in [1.807, 2.05) is 0 Å². The zero-order chi connectivity index (χ0) is 26.9. The van der Waals surface area contributed by atoms with E-state index in [-0.39, 0.29) is 30.2 Å². The van der Waals surface area contributed by atoms with E-state index in [0.29, 0.717) is 24.1 Å². The Morgan fingerprint density at radius 1 is 0.838 bits per heavy atom. The highest BCUT2D eigenvalue weighted by molar-refractivity contribution is 5.94. The minimum atomic E-state index is -1.23. The number of carboxylic acid groups (broad SMARTS) is 1. The molecule has 0 saturated carbocycles. The standard InChI is InChI=1S/C26H32N4O7/c1-15(26(36)37)28-24(34)21(13-16-4-8-18(31)9-5-16)30-25(35)22(14-17-6-10-19(32)11-7-17)29-23(33)20-3-2-12-27-20/h4-11,15,20-22,27,31-32H,2-3,12-14H2,1H3,(H,28,34)(H,29,33)(H,30,35)(H,36,37). The first-order valence-electron chi connectivity index (χ1n) is 12.1. The third kappa shape index (κ3) is 8.21. The quantitative estimate of drug-likeness (QED) is 0.223. The van der Waals surface area contributed by atoms with Gasteiger partial charge in [0.15, 0.2) is 0 Å². The Hall–Kier alpha value is -4.12. The molecule has 3 amide bonds. The smallest absolute Gasteiger partial charge is 0.325 e. The van der Waals surface area contributed by atoms with Gasteiger partial charge in [-0.15, -0.1) is 0 Å². The molecule has 0 spiro atoms. The molecule has 37 heavy (non-hydrogen) atoms. The number of aliphatic carboxylic acids is 1. The van der Waals surface area contributed by atoms with Crippen LogP contribution in [0.5, 0.6) is 11.5 Å². The minimum absolute atomic E-state index is 0.0221. The van der Waals surface area contributed by atoms with Crippen molar-refractivity contribution in [2.24, 2.45) is 0 Å². The zero-order valence-electron chi connectivity index (χ0n) is 20.4. The second kappa shape index (κ2) is 12.7. The fourth-order valence-corrected chi connectivity index (χ4v) is 3.98.